The first-order chi connectivity index (χ1) is 6.76. The molecule has 0 aliphatic carbocycles. The van der Waals surface area contributed by atoms with E-state index in [0.717, 1.165) is 25.7 Å². The van der Waals surface area contributed by atoms with Crippen molar-refractivity contribution < 1.29 is 14.3 Å². The summed E-state index contributed by atoms with van der Waals surface area (Å²) in [7, 11) is 0. The Morgan fingerprint density at radius 3 is 2.57 bits per heavy atom. The highest BCUT2D eigenvalue weighted by Crippen LogP contribution is 2.31. The number of carbonyl (C=O) groups is 1. The van der Waals surface area contributed by atoms with Crippen LogP contribution in [0.3, 0.4) is 0 Å². The molecule has 14 heavy (non-hydrogen) atoms. The van der Waals surface area contributed by atoms with Crippen molar-refractivity contribution in [1.82, 2.24) is 5.32 Å². The molecule has 1 aliphatic rings. The molecule has 1 heterocycles. The van der Waals surface area contributed by atoms with E-state index in [1.165, 1.54) is 0 Å². The fraction of sp³-hybridized carbons (Fsp3) is 0.900. The third-order valence-electron chi connectivity index (χ3n) is 2.37. The van der Waals surface area contributed by atoms with Crippen LogP contribution in [0.1, 0.15) is 39.5 Å². The molecule has 82 valence electrons. The Morgan fingerprint density at radius 2 is 2.07 bits per heavy atom. The average Bonchev–Trinajstić information content (AvgIpc) is 2.51. The fourth-order valence-electron chi connectivity index (χ4n) is 1.86. The van der Waals surface area contributed by atoms with Crippen LogP contribution in [0.25, 0.3) is 0 Å². The second kappa shape index (κ2) is 5.32. The predicted molar refractivity (Wildman–Crippen MR) is 52.6 cm³/mol. The Kier molecular flexibility index (Phi) is 4.35. The SMILES string of the molecule is CCCC1(CCC)OCC(NC=O)O1. The number of hydrogen-bond acceptors (Lipinski definition) is 3. The highest BCUT2D eigenvalue weighted by Gasteiger charge is 2.39. The van der Waals surface area contributed by atoms with Gasteiger partial charge in [-0.1, -0.05) is 26.7 Å². The van der Waals surface area contributed by atoms with Crippen LogP contribution in [0.4, 0.5) is 0 Å². The summed E-state index contributed by atoms with van der Waals surface area (Å²) < 4.78 is 11.3. The summed E-state index contributed by atoms with van der Waals surface area (Å²) in [6, 6.07) is 0. The number of ether oxygens (including phenoxy) is 2. The molecule has 0 spiro atoms. The van der Waals surface area contributed by atoms with Gasteiger partial charge in [-0.3, -0.25) is 4.79 Å². The van der Waals surface area contributed by atoms with Gasteiger partial charge in [0, 0.05) is 12.8 Å². The van der Waals surface area contributed by atoms with Gasteiger partial charge in [0.2, 0.25) is 6.41 Å². The molecule has 1 fully saturated rings. The molecule has 4 nitrogen and oxygen atoms in total. The van der Waals surface area contributed by atoms with Crippen LogP contribution in [-0.4, -0.2) is 25.0 Å². The lowest BCUT2D eigenvalue weighted by Gasteiger charge is -2.27. The molecule has 0 radical (unpaired) electrons. The van der Waals surface area contributed by atoms with Gasteiger partial charge in [-0.2, -0.15) is 0 Å². The zero-order valence-electron chi connectivity index (χ0n) is 8.91. The highest BCUT2D eigenvalue weighted by atomic mass is 16.8. The standard InChI is InChI=1S/C10H19NO3/c1-3-5-10(6-4-2)13-7-9(14-10)11-8-12/h8-9H,3-7H2,1-2H3,(H,11,12). The van der Waals surface area contributed by atoms with Crippen LogP contribution < -0.4 is 5.32 Å². The molecule has 0 aromatic carbocycles. The molecule has 1 atom stereocenters. The summed E-state index contributed by atoms with van der Waals surface area (Å²) in [4.78, 5) is 10.2. The van der Waals surface area contributed by atoms with Crippen molar-refractivity contribution in [3.05, 3.63) is 0 Å². The highest BCUT2D eigenvalue weighted by molar-refractivity contribution is 5.46. The summed E-state index contributed by atoms with van der Waals surface area (Å²) >= 11 is 0. The van der Waals surface area contributed by atoms with Crippen molar-refractivity contribution in [2.45, 2.75) is 51.5 Å². The van der Waals surface area contributed by atoms with Crippen molar-refractivity contribution in [3.63, 3.8) is 0 Å². The van der Waals surface area contributed by atoms with E-state index in [-0.39, 0.29) is 6.23 Å². The molecule has 0 bridgehead atoms. The molecule has 1 N–H and O–H groups in total. The van der Waals surface area contributed by atoms with Crippen molar-refractivity contribution in [2.75, 3.05) is 6.61 Å². The summed E-state index contributed by atoms with van der Waals surface area (Å²) in [5.41, 5.74) is 0. The number of nitrogens with one attached hydrogen (secondary N) is 1. The third kappa shape index (κ3) is 2.69. The number of rotatable bonds is 6. The Bertz CT molecular complexity index is 178. The quantitative estimate of drug-likeness (QED) is 0.661. The third-order valence-corrected chi connectivity index (χ3v) is 2.37. The first-order valence-electron chi connectivity index (χ1n) is 5.28. The minimum Gasteiger partial charge on any atom is -0.345 e. The monoisotopic (exact) mass is 201 g/mol. The van der Waals surface area contributed by atoms with E-state index in [9.17, 15) is 4.79 Å². The first-order valence-corrected chi connectivity index (χ1v) is 5.28. The van der Waals surface area contributed by atoms with Gasteiger partial charge >= 0.3 is 0 Å². The maximum atomic E-state index is 10.2. The summed E-state index contributed by atoms with van der Waals surface area (Å²) in [6.45, 7) is 4.66. The fourth-order valence-corrected chi connectivity index (χ4v) is 1.86. The molecule has 0 aromatic heterocycles. The van der Waals surface area contributed by atoms with Gasteiger partial charge in [0.05, 0.1) is 6.61 Å². The Hall–Kier alpha value is -0.610. The van der Waals surface area contributed by atoms with Crippen molar-refractivity contribution in [2.24, 2.45) is 0 Å². The number of hydrogen-bond donors (Lipinski definition) is 1. The second-order valence-corrected chi connectivity index (χ2v) is 3.61. The topological polar surface area (TPSA) is 47.6 Å². The van der Waals surface area contributed by atoms with E-state index < -0.39 is 5.79 Å². The van der Waals surface area contributed by atoms with Crippen molar-refractivity contribution in [3.8, 4) is 0 Å². The number of carbonyl (C=O) groups excluding carboxylic acids is 1. The predicted octanol–water partition coefficient (Wildman–Crippen LogP) is 1.40. The lowest BCUT2D eigenvalue weighted by Crippen LogP contribution is -2.35. The van der Waals surface area contributed by atoms with Crippen LogP contribution in [0.5, 0.6) is 0 Å². The molecular formula is C10H19NO3. The average molecular weight is 201 g/mol. The number of amides is 1. The molecule has 0 aromatic rings. The summed E-state index contributed by atoms with van der Waals surface area (Å²) in [5, 5.41) is 2.59. The van der Waals surface area contributed by atoms with E-state index in [1.54, 1.807) is 0 Å². The van der Waals surface area contributed by atoms with Crippen molar-refractivity contribution in [1.29, 1.82) is 0 Å². The molecule has 4 heteroatoms. The van der Waals surface area contributed by atoms with E-state index in [1.807, 2.05) is 0 Å². The van der Waals surface area contributed by atoms with Gasteiger partial charge < -0.3 is 14.8 Å². The lowest BCUT2D eigenvalue weighted by molar-refractivity contribution is -0.180. The second-order valence-electron chi connectivity index (χ2n) is 3.61. The Balaban J connectivity index is 2.49. The van der Waals surface area contributed by atoms with Gasteiger partial charge in [-0.25, -0.2) is 0 Å². The van der Waals surface area contributed by atoms with Gasteiger partial charge in [-0.05, 0) is 0 Å². The largest absolute Gasteiger partial charge is 0.345 e. The van der Waals surface area contributed by atoms with Gasteiger partial charge in [0.1, 0.15) is 0 Å². The van der Waals surface area contributed by atoms with Crippen molar-refractivity contribution >= 4 is 6.41 Å². The Labute approximate surface area is 85.0 Å². The maximum Gasteiger partial charge on any atom is 0.209 e. The molecular weight excluding hydrogens is 182 g/mol. The van der Waals surface area contributed by atoms with Crippen LogP contribution in [-0.2, 0) is 14.3 Å². The van der Waals surface area contributed by atoms with E-state index in [0.29, 0.717) is 13.0 Å². The Morgan fingerprint density at radius 1 is 1.43 bits per heavy atom. The summed E-state index contributed by atoms with van der Waals surface area (Å²) in [6.07, 6.45) is 4.20. The minimum atomic E-state index is -0.454. The lowest BCUT2D eigenvalue weighted by atomic mass is 10.1. The van der Waals surface area contributed by atoms with Crippen LogP contribution in [0, 0.1) is 0 Å². The van der Waals surface area contributed by atoms with Crippen LogP contribution >= 0.6 is 0 Å². The van der Waals surface area contributed by atoms with Crippen LogP contribution in [0.15, 0.2) is 0 Å². The zero-order valence-corrected chi connectivity index (χ0v) is 8.91. The maximum absolute atomic E-state index is 10.2. The first kappa shape index (κ1) is 11.5. The molecule has 1 aliphatic heterocycles. The summed E-state index contributed by atoms with van der Waals surface area (Å²) in [5.74, 6) is -0.454. The molecule has 1 saturated heterocycles. The normalized spacial score (nSPS) is 24.9. The molecule has 1 rings (SSSR count). The molecule has 0 saturated carbocycles. The van der Waals surface area contributed by atoms with Gasteiger partial charge in [0.15, 0.2) is 12.0 Å². The van der Waals surface area contributed by atoms with E-state index >= 15 is 0 Å². The minimum absolute atomic E-state index is 0.273. The smallest absolute Gasteiger partial charge is 0.209 e. The van der Waals surface area contributed by atoms with Crippen LogP contribution in [0.2, 0.25) is 0 Å². The van der Waals surface area contributed by atoms with Gasteiger partial charge in [-0.15, -0.1) is 0 Å². The molecule has 1 amide bonds. The molecule has 1 unspecified atom stereocenters. The van der Waals surface area contributed by atoms with E-state index in [2.05, 4.69) is 19.2 Å². The van der Waals surface area contributed by atoms with E-state index in [4.69, 9.17) is 9.47 Å². The zero-order chi connectivity index (χ0) is 10.4. The van der Waals surface area contributed by atoms with Gasteiger partial charge in [0.25, 0.3) is 0 Å².